The maximum absolute atomic E-state index is 8.78. The van der Waals surface area contributed by atoms with Gasteiger partial charge in [-0.1, -0.05) is 0 Å². The van der Waals surface area contributed by atoms with Crippen LogP contribution in [0.15, 0.2) is 0 Å². The third-order valence-electron chi connectivity index (χ3n) is 1.52. The molecule has 0 aliphatic carbocycles. The van der Waals surface area contributed by atoms with Crippen molar-refractivity contribution < 1.29 is 19.3 Å². The first kappa shape index (κ1) is 6.54. The Morgan fingerprint density at radius 3 is 2.70 bits per heavy atom. The van der Waals surface area contributed by atoms with E-state index in [1.165, 1.54) is 0 Å². The number of aliphatic hydroxyl groups excluding tert-OH is 1. The first-order valence-electron chi connectivity index (χ1n) is 3.34. The van der Waals surface area contributed by atoms with Gasteiger partial charge in [-0.3, -0.25) is 0 Å². The Bertz CT molecular complexity index is 139. The molecule has 2 heterocycles. The number of aliphatic hydroxyl groups is 1. The molecule has 2 fully saturated rings. The van der Waals surface area contributed by atoms with Crippen LogP contribution in [0.25, 0.3) is 0 Å². The summed E-state index contributed by atoms with van der Waals surface area (Å²) in [5, 5.41) is 8.78. The van der Waals surface area contributed by atoms with E-state index in [2.05, 4.69) is 0 Å². The van der Waals surface area contributed by atoms with Gasteiger partial charge in [0.25, 0.3) is 0 Å². The highest BCUT2D eigenvalue weighted by molar-refractivity contribution is 5.02. The Kier molecular flexibility index (Phi) is 1.25. The number of rotatable bonds is 4. The third kappa shape index (κ3) is 1.03. The van der Waals surface area contributed by atoms with Crippen molar-refractivity contribution in [2.75, 3.05) is 13.2 Å². The van der Waals surface area contributed by atoms with Gasteiger partial charge in [-0.2, -0.15) is 0 Å². The minimum atomic E-state index is -0.410. The van der Waals surface area contributed by atoms with Gasteiger partial charge in [0.05, 0.1) is 12.7 Å². The van der Waals surface area contributed by atoms with E-state index in [0.717, 1.165) is 0 Å². The van der Waals surface area contributed by atoms with E-state index >= 15 is 0 Å². The molecule has 2 aliphatic heterocycles. The van der Waals surface area contributed by atoms with Crippen LogP contribution in [0.5, 0.6) is 0 Å². The van der Waals surface area contributed by atoms with Crippen LogP contribution >= 0.6 is 0 Å². The minimum absolute atomic E-state index is 0.00139. The second-order valence-electron chi connectivity index (χ2n) is 2.74. The zero-order chi connectivity index (χ0) is 7.19. The Labute approximate surface area is 58.7 Å². The molecule has 2 saturated heterocycles. The van der Waals surface area contributed by atoms with E-state index in [1.807, 2.05) is 0 Å². The molecule has 4 nitrogen and oxygen atoms in total. The number of fused-ring (bicyclic) bond motifs is 1. The monoisotopic (exact) mass is 146 g/mol. The fourth-order valence-corrected chi connectivity index (χ4v) is 0.811. The fraction of sp³-hybridized carbons (Fsp3) is 1.00. The van der Waals surface area contributed by atoms with Gasteiger partial charge in [-0.25, -0.2) is 0 Å². The topological polar surface area (TPSA) is 54.5 Å². The summed E-state index contributed by atoms with van der Waals surface area (Å²) in [6.45, 7) is 2.47. The maximum Gasteiger partial charge on any atom is 0.249 e. The van der Waals surface area contributed by atoms with Gasteiger partial charge in [0.1, 0.15) is 6.61 Å². The van der Waals surface area contributed by atoms with Gasteiger partial charge in [0.2, 0.25) is 12.1 Å². The van der Waals surface area contributed by atoms with Gasteiger partial charge in [0.15, 0.2) is 0 Å². The molecule has 2 rings (SSSR count). The van der Waals surface area contributed by atoms with Crippen LogP contribution in [0, 0.1) is 0 Å². The predicted molar refractivity (Wildman–Crippen MR) is 31.2 cm³/mol. The molecular weight excluding hydrogens is 136 g/mol. The fourth-order valence-electron chi connectivity index (χ4n) is 0.811. The first-order valence-corrected chi connectivity index (χ1v) is 3.34. The molecule has 58 valence electrons. The van der Waals surface area contributed by atoms with Crippen LogP contribution in [0.1, 0.15) is 6.92 Å². The summed E-state index contributed by atoms with van der Waals surface area (Å²) in [4.78, 5) is 0. The van der Waals surface area contributed by atoms with Gasteiger partial charge >= 0.3 is 0 Å². The van der Waals surface area contributed by atoms with E-state index in [1.54, 1.807) is 6.92 Å². The molecular formula is C6H10O4. The van der Waals surface area contributed by atoms with E-state index in [9.17, 15) is 0 Å². The van der Waals surface area contributed by atoms with Gasteiger partial charge < -0.3 is 19.3 Å². The lowest BCUT2D eigenvalue weighted by atomic mass is 10.4. The average Bonchev–Trinajstić information content (AvgIpc) is 2.51. The van der Waals surface area contributed by atoms with E-state index in [4.69, 9.17) is 19.3 Å². The summed E-state index contributed by atoms with van der Waals surface area (Å²) in [5.74, 6) is -0.380. The zero-order valence-corrected chi connectivity index (χ0v) is 5.74. The van der Waals surface area contributed by atoms with Crippen molar-refractivity contribution in [3.63, 3.8) is 0 Å². The second kappa shape index (κ2) is 1.92. The predicted octanol–water partition coefficient (Wildman–Crippen LogP) is -0.533. The molecule has 10 heavy (non-hydrogen) atoms. The molecule has 0 bridgehead atoms. The zero-order valence-electron chi connectivity index (χ0n) is 5.74. The highest BCUT2D eigenvalue weighted by Crippen LogP contribution is 2.55. The van der Waals surface area contributed by atoms with Gasteiger partial charge in [-0.15, -0.1) is 0 Å². The average molecular weight is 146 g/mol. The van der Waals surface area contributed by atoms with Crippen molar-refractivity contribution >= 4 is 0 Å². The Morgan fingerprint density at radius 2 is 2.30 bits per heavy atom. The molecule has 1 N–H and O–H groups in total. The molecule has 0 saturated carbocycles. The summed E-state index contributed by atoms with van der Waals surface area (Å²) in [7, 11) is 0. The van der Waals surface area contributed by atoms with Crippen LogP contribution in [0.4, 0.5) is 0 Å². The summed E-state index contributed by atoms with van der Waals surface area (Å²) in [6, 6.07) is 0. The maximum atomic E-state index is 8.78. The SMILES string of the molecule is CC(O)COCC12OC1O2. The van der Waals surface area contributed by atoms with Crippen molar-refractivity contribution in [2.45, 2.75) is 25.1 Å². The first-order chi connectivity index (χ1) is 4.73. The van der Waals surface area contributed by atoms with Crippen molar-refractivity contribution in [1.82, 2.24) is 0 Å². The molecule has 1 unspecified atom stereocenters. The molecule has 0 aromatic heterocycles. The van der Waals surface area contributed by atoms with Crippen molar-refractivity contribution in [2.24, 2.45) is 0 Å². The lowest BCUT2D eigenvalue weighted by Crippen LogP contribution is -2.16. The van der Waals surface area contributed by atoms with Crippen LogP contribution in [-0.2, 0) is 14.2 Å². The largest absolute Gasteiger partial charge is 0.391 e. The van der Waals surface area contributed by atoms with Crippen molar-refractivity contribution in [1.29, 1.82) is 0 Å². The van der Waals surface area contributed by atoms with Crippen molar-refractivity contribution in [3.8, 4) is 0 Å². The smallest absolute Gasteiger partial charge is 0.249 e. The van der Waals surface area contributed by atoms with E-state index in [0.29, 0.717) is 13.2 Å². The van der Waals surface area contributed by atoms with Crippen LogP contribution < -0.4 is 0 Å². The number of hydrogen-bond acceptors (Lipinski definition) is 4. The lowest BCUT2D eigenvalue weighted by Gasteiger charge is -2.04. The van der Waals surface area contributed by atoms with Gasteiger partial charge in [0, 0.05) is 0 Å². The molecule has 2 aliphatic rings. The summed E-state index contributed by atoms with van der Waals surface area (Å²) in [6.07, 6.45) is -0.408. The highest BCUT2D eigenvalue weighted by atomic mass is 17.0. The summed E-state index contributed by atoms with van der Waals surface area (Å²) < 4.78 is 15.0. The van der Waals surface area contributed by atoms with Crippen LogP contribution in [-0.4, -0.2) is 36.5 Å². The minimum Gasteiger partial charge on any atom is -0.391 e. The Balaban J connectivity index is 1.56. The lowest BCUT2D eigenvalue weighted by molar-refractivity contribution is -0.0932. The molecule has 0 aromatic rings. The molecule has 0 aromatic carbocycles. The van der Waals surface area contributed by atoms with Crippen molar-refractivity contribution in [3.05, 3.63) is 0 Å². The summed E-state index contributed by atoms with van der Waals surface area (Å²) >= 11 is 0. The third-order valence-corrected chi connectivity index (χ3v) is 1.52. The molecule has 4 heteroatoms. The van der Waals surface area contributed by atoms with Gasteiger partial charge in [-0.05, 0) is 6.92 Å². The van der Waals surface area contributed by atoms with Crippen LogP contribution in [0.3, 0.4) is 0 Å². The molecule has 0 radical (unpaired) electrons. The highest BCUT2D eigenvalue weighted by Gasteiger charge is 2.77. The van der Waals surface area contributed by atoms with Crippen LogP contribution in [0.2, 0.25) is 0 Å². The molecule has 1 atom stereocenters. The Hall–Kier alpha value is -0.160. The number of ether oxygens (including phenoxy) is 3. The number of epoxide rings is 2. The normalized spacial score (nSPS) is 44.4. The molecule has 0 amide bonds. The van der Waals surface area contributed by atoms with E-state index in [-0.39, 0.29) is 12.1 Å². The number of hydrogen-bond donors (Lipinski definition) is 1. The summed E-state index contributed by atoms with van der Waals surface area (Å²) in [5.41, 5.74) is 0. The quantitative estimate of drug-likeness (QED) is 0.541. The molecule has 0 spiro atoms. The standard InChI is InChI=1S/C6H10O4/c1-4(7)2-8-3-6-5(9-6)10-6/h4-5,7H,2-3H2,1H3. The second-order valence-corrected chi connectivity index (χ2v) is 2.74. The van der Waals surface area contributed by atoms with E-state index < -0.39 is 6.10 Å². The Morgan fingerprint density at radius 1 is 1.70 bits per heavy atom.